The number of hydrogen-bond donors (Lipinski definition) is 1. The molecule has 1 fully saturated rings. The topological polar surface area (TPSA) is 52.5 Å². The van der Waals surface area contributed by atoms with Gasteiger partial charge in [0.05, 0.1) is 11.1 Å². The molecule has 0 radical (unpaired) electrons. The SMILES string of the molecule is Oc1ccccc1-c1nc(N2CCCN(Cc3ccccc3)CC2)c2ccc(Cl)cc2n1. The highest BCUT2D eigenvalue weighted by Gasteiger charge is 2.20. The molecule has 0 unspecified atom stereocenters. The van der Waals surface area contributed by atoms with Gasteiger partial charge in [0.25, 0.3) is 0 Å². The largest absolute Gasteiger partial charge is 0.507 e. The lowest BCUT2D eigenvalue weighted by Gasteiger charge is -2.24. The van der Waals surface area contributed by atoms with Gasteiger partial charge in [0, 0.05) is 43.1 Å². The minimum atomic E-state index is 0.171. The zero-order valence-electron chi connectivity index (χ0n) is 17.8. The fourth-order valence-electron chi connectivity index (χ4n) is 4.29. The third-order valence-electron chi connectivity index (χ3n) is 5.92. The van der Waals surface area contributed by atoms with Gasteiger partial charge in [-0.1, -0.05) is 54.1 Å². The predicted molar refractivity (Wildman–Crippen MR) is 130 cm³/mol. The lowest BCUT2D eigenvalue weighted by molar-refractivity contribution is 0.285. The van der Waals surface area contributed by atoms with Gasteiger partial charge in [-0.3, -0.25) is 4.90 Å². The molecule has 4 aromatic rings. The van der Waals surface area contributed by atoms with Crippen LogP contribution in [0.1, 0.15) is 12.0 Å². The van der Waals surface area contributed by atoms with Crippen molar-refractivity contribution in [1.29, 1.82) is 0 Å². The number of para-hydroxylation sites is 1. The number of phenolic OH excluding ortho intramolecular Hbond substituents is 1. The second-order valence-corrected chi connectivity index (χ2v) is 8.59. The number of anilines is 1. The van der Waals surface area contributed by atoms with E-state index < -0.39 is 0 Å². The fraction of sp³-hybridized carbons (Fsp3) is 0.231. The molecule has 2 heterocycles. The van der Waals surface area contributed by atoms with Gasteiger partial charge in [-0.2, -0.15) is 0 Å². The molecule has 0 spiro atoms. The number of hydrogen-bond acceptors (Lipinski definition) is 5. The molecule has 6 heteroatoms. The van der Waals surface area contributed by atoms with Crippen molar-refractivity contribution in [2.75, 3.05) is 31.1 Å². The van der Waals surface area contributed by atoms with Crippen molar-refractivity contribution in [3.05, 3.63) is 83.4 Å². The van der Waals surface area contributed by atoms with E-state index >= 15 is 0 Å². The number of phenols is 1. The average Bonchev–Trinajstić information content (AvgIpc) is 3.04. The van der Waals surface area contributed by atoms with Crippen LogP contribution < -0.4 is 4.90 Å². The Balaban J connectivity index is 1.48. The molecule has 5 rings (SSSR count). The van der Waals surface area contributed by atoms with Crippen molar-refractivity contribution in [2.24, 2.45) is 0 Å². The minimum absolute atomic E-state index is 0.171. The molecular weight excluding hydrogens is 420 g/mol. The molecule has 32 heavy (non-hydrogen) atoms. The van der Waals surface area contributed by atoms with Crippen molar-refractivity contribution < 1.29 is 5.11 Å². The molecule has 0 aliphatic carbocycles. The van der Waals surface area contributed by atoms with Gasteiger partial charge in [0.1, 0.15) is 11.6 Å². The Morgan fingerprint density at radius 2 is 1.66 bits per heavy atom. The molecule has 0 saturated carbocycles. The molecule has 1 aromatic heterocycles. The maximum Gasteiger partial charge on any atom is 0.165 e. The van der Waals surface area contributed by atoms with Gasteiger partial charge in [0.2, 0.25) is 0 Å². The second kappa shape index (κ2) is 9.15. The molecule has 0 bridgehead atoms. The zero-order chi connectivity index (χ0) is 21.9. The van der Waals surface area contributed by atoms with Gasteiger partial charge in [-0.25, -0.2) is 9.97 Å². The van der Waals surface area contributed by atoms with E-state index in [2.05, 4.69) is 40.1 Å². The Labute approximate surface area is 192 Å². The van der Waals surface area contributed by atoms with Crippen molar-refractivity contribution in [1.82, 2.24) is 14.9 Å². The molecule has 1 N–H and O–H groups in total. The Bertz CT molecular complexity index is 1230. The van der Waals surface area contributed by atoms with E-state index in [1.165, 1.54) is 5.56 Å². The summed E-state index contributed by atoms with van der Waals surface area (Å²) in [4.78, 5) is 14.5. The first kappa shape index (κ1) is 20.7. The van der Waals surface area contributed by atoms with Crippen molar-refractivity contribution in [3.8, 4) is 17.1 Å². The monoisotopic (exact) mass is 444 g/mol. The molecule has 1 aliphatic rings. The fourth-order valence-corrected chi connectivity index (χ4v) is 4.46. The number of rotatable bonds is 4. The van der Waals surface area contributed by atoms with Crippen molar-refractivity contribution >= 4 is 28.3 Å². The summed E-state index contributed by atoms with van der Waals surface area (Å²) in [5, 5.41) is 12.0. The molecule has 1 saturated heterocycles. The van der Waals surface area contributed by atoms with Crippen LogP contribution in [0, 0.1) is 0 Å². The summed E-state index contributed by atoms with van der Waals surface area (Å²) in [6.07, 6.45) is 1.05. The summed E-state index contributed by atoms with van der Waals surface area (Å²) in [7, 11) is 0. The van der Waals surface area contributed by atoms with E-state index in [0.29, 0.717) is 16.4 Å². The average molecular weight is 445 g/mol. The summed E-state index contributed by atoms with van der Waals surface area (Å²) >= 11 is 6.28. The van der Waals surface area contributed by atoms with E-state index in [9.17, 15) is 5.11 Å². The first-order valence-electron chi connectivity index (χ1n) is 10.9. The third-order valence-corrected chi connectivity index (χ3v) is 6.16. The summed E-state index contributed by atoms with van der Waals surface area (Å²) in [6, 6.07) is 23.5. The highest BCUT2D eigenvalue weighted by molar-refractivity contribution is 6.31. The Kier molecular flexibility index (Phi) is 5.93. The van der Waals surface area contributed by atoms with Gasteiger partial charge in [0.15, 0.2) is 5.82 Å². The van der Waals surface area contributed by atoms with Gasteiger partial charge < -0.3 is 10.0 Å². The van der Waals surface area contributed by atoms with Crippen LogP contribution in [0.5, 0.6) is 5.75 Å². The quantitative estimate of drug-likeness (QED) is 0.458. The third kappa shape index (κ3) is 4.40. The van der Waals surface area contributed by atoms with E-state index in [1.54, 1.807) is 12.1 Å². The van der Waals surface area contributed by atoms with Gasteiger partial charge >= 0.3 is 0 Å². The normalized spacial score (nSPS) is 15.1. The number of benzene rings is 3. The maximum absolute atomic E-state index is 10.4. The van der Waals surface area contributed by atoms with Crippen molar-refractivity contribution in [3.63, 3.8) is 0 Å². The minimum Gasteiger partial charge on any atom is -0.507 e. The van der Waals surface area contributed by atoms with Crippen LogP contribution in [0.3, 0.4) is 0 Å². The number of fused-ring (bicyclic) bond motifs is 1. The smallest absolute Gasteiger partial charge is 0.165 e. The van der Waals surface area contributed by atoms with Crippen LogP contribution in [-0.4, -0.2) is 46.2 Å². The predicted octanol–water partition coefficient (Wildman–Crippen LogP) is 5.37. The number of aromatic hydroxyl groups is 1. The van der Waals surface area contributed by atoms with Crippen LogP contribution in [0.2, 0.25) is 5.02 Å². The van der Waals surface area contributed by atoms with E-state index in [-0.39, 0.29) is 5.75 Å². The first-order chi connectivity index (χ1) is 15.7. The number of nitrogens with zero attached hydrogens (tertiary/aromatic N) is 4. The lowest BCUT2D eigenvalue weighted by atomic mass is 10.1. The Morgan fingerprint density at radius 3 is 2.50 bits per heavy atom. The maximum atomic E-state index is 10.4. The second-order valence-electron chi connectivity index (χ2n) is 8.15. The molecule has 3 aromatic carbocycles. The zero-order valence-corrected chi connectivity index (χ0v) is 18.5. The molecule has 1 aliphatic heterocycles. The summed E-state index contributed by atoms with van der Waals surface area (Å²) < 4.78 is 0. The van der Waals surface area contributed by atoms with Crippen LogP contribution in [0.25, 0.3) is 22.3 Å². The van der Waals surface area contributed by atoms with Crippen LogP contribution in [0.15, 0.2) is 72.8 Å². The first-order valence-corrected chi connectivity index (χ1v) is 11.3. The van der Waals surface area contributed by atoms with E-state index in [1.807, 2.05) is 30.3 Å². The summed E-state index contributed by atoms with van der Waals surface area (Å²) in [6.45, 7) is 4.76. The van der Waals surface area contributed by atoms with E-state index in [0.717, 1.165) is 55.9 Å². The number of aromatic nitrogens is 2. The van der Waals surface area contributed by atoms with Crippen LogP contribution >= 0.6 is 11.6 Å². The van der Waals surface area contributed by atoms with Crippen molar-refractivity contribution in [2.45, 2.75) is 13.0 Å². The lowest BCUT2D eigenvalue weighted by Crippen LogP contribution is -2.31. The summed E-state index contributed by atoms with van der Waals surface area (Å²) in [5.74, 6) is 1.58. The molecule has 0 amide bonds. The van der Waals surface area contributed by atoms with Crippen LogP contribution in [0.4, 0.5) is 5.82 Å². The van der Waals surface area contributed by atoms with E-state index in [4.69, 9.17) is 21.6 Å². The standard InChI is InChI=1S/C26H25ClN4O/c27-20-11-12-21-23(17-20)28-25(22-9-4-5-10-24(22)32)29-26(21)31-14-6-13-30(15-16-31)18-19-7-2-1-3-8-19/h1-5,7-12,17,32H,6,13-16,18H2. The molecule has 162 valence electrons. The molecule has 0 atom stereocenters. The number of halogens is 1. The Hall–Kier alpha value is -3.15. The molecular formula is C26H25ClN4O. The van der Waals surface area contributed by atoms with Gasteiger partial charge in [-0.05, 0) is 42.3 Å². The van der Waals surface area contributed by atoms with Crippen LogP contribution in [-0.2, 0) is 6.54 Å². The Morgan fingerprint density at radius 1 is 0.844 bits per heavy atom. The molecule has 5 nitrogen and oxygen atoms in total. The highest BCUT2D eigenvalue weighted by atomic mass is 35.5. The summed E-state index contributed by atoms with van der Waals surface area (Å²) in [5.41, 5.74) is 2.74. The van der Waals surface area contributed by atoms with Gasteiger partial charge in [-0.15, -0.1) is 0 Å². The highest BCUT2D eigenvalue weighted by Crippen LogP contribution is 2.33.